The number of hydrogen-bond acceptors (Lipinski definition) is 3. The lowest BCUT2D eigenvalue weighted by molar-refractivity contribution is 0.0181. The van der Waals surface area contributed by atoms with Crippen LogP contribution >= 0.6 is 0 Å². The molecule has 0 amide bonds. The molecule has 3 heteroatoms. The lowest BCUT2D eigenvalue weighted by Gasteiger charge is -2.47. The Kier molecular flexibility index (Phi) is 7.33. The Balaban J connectivity index is 2.62. The molecule has 1 aliphatic heterocycles. The standard InChI is InChI=1S/C16H34N2O/c1-5-14(3)11-16(6-2,13-17)18-9-7-15(8-10-18)12-19-4/h14-15H,5-13,17H2,1-4H3. The summed E-state index contributed by atoms with van der Waals surface area (Å²) in [6.45, 7) is 11.0. The summed E-state index contributed by atoms with van der Waals surface area (Å²) >= 11 is 0. The number of methoxy groups -OCH3 is 1. The number of piperidine rings is 1. The molecule has 2 N–H and O–H groups in total. The van der Waals surface area contributed by atoms with E-state index in [2.05, 4.69) is 25.7 Å². The average molecular weight is 270 g/mol. The SMILES string of the molecule is CCC(C)CC(CC)(CN)N1CCC(COC)CC1. The third-order valence-corrected chi connectivity index (χ3v) is 5.15. The van der Waals surface area contributed by atoms with Crippen LogP contribution in [0.5, 0.6) is 0 Å². The van der Waals surface area contributed by atoms with Crippen LogP contribution in [0, 0.1) is 11.8 Å². The second-order valence-corrected chi connectivity index (χ2v) is 6.39. The molecule has 0 bridgehead atoms. The molecule has 0 aromatic heterocycles. The van der Waals surface area contributed by atoms with E-state index in [4.69, 9.17) is 10.5 Å². The van der Waals surface area contributed by atoms with Crippen LogP contribution in [-0.4, -0.2) is 43.8 Å². The zero-order valence-electron chi connectivity index (χ0n) is 13.5. The molecular weight excluding hydrogens is 236 g/mol. The van der Waals surface area contributed by atoms with E-state index in [1.807, 2.05) is 7.11 Å². The maximum atomic E-state index is 6.18. The van der Waals surface area contributed by atoms with E-state index in [9.17, 15) is 0 Å². The summed E-state index contributed by atoms with van der Waals surface area (Å²) in [6, 6.07) is 0. The van der Waals surface area contributed by atoms with Crippen molar-refractivity contribution in [1.29, 1.82) is 0 Å². The van der Waals surface area contributed by atoms with Crippen LogP contribution in [0.15, 0.2) is 0 Å². The lowest BCUT2D eigenvalue weighted by atomic mass is 9.81. The zero-order valence-corrected chi connectivity index (χ0v) is 13.5. The van der Waals surface area contributed by atoms with Crippen molar-refractivity contribution in [2.45, 2.75) is 58.4 Å². The Hall–Kier alpha value is -0.120. The minimum atomic E-state index is 0.230. The molecule has 0 aromatic rings. The third-order valence-electron chi connectivity index (χ3n) is 5.15. The summed E-state index contributed by atoms with van der Waals surface area (Å²) in [5.41, 5.74) is 6.41. The molecule has 1 saturated heterocycles. The monoisotopic (exact) mass is 270 g/mol. The lowest BCUT2D eigenvalue weighted by Crippen LogP contribution is -2.57. The van der Waals surface area contributed by atoms with E-state index in [0.717, 1.165) is 25.0 Å². The predicted octanol–water partition coefficient (Wildman–Crippen LogP) is 2.89. The normalized spacial score (nSPS) is 23.2. The Morgan fingerprint density at radius 2 is 1.95 bits per heavy atom. The molecule has 3 nitrogen and oxygen atoms in total. The van der Waals surface area contributed by atoms with Gasteiger partial charge in [-0.1, -0.05) is 27.2 Å². The molecule has 1 fully saturated rings. The van der Waals surface area contributed by atoms with Crippen LogP contribution in [-0.2, 0) is 4.74 Å². The molecule has 19 heavy (non-hydrogen) atoms. The van der Waals surface area contributed by atoms with E-state index < -0.39 is 0 Å². The molecule has 114 valence electrons. The van der Waals surface area contributed by atoms with Crippen LogP contribution in [0.3, 0.4) is 0 Å². The number of hydrogen-bond donors (Lipinski definition) is 1. The van der Waals surface area contributed by atoms with Crippen molar-refractivity contribution in [1.82, 2.24) is 4.90 Å². The summed E-state index contributed by atoms with van der Waals surface area (Å²) in [7, 11) is 1.81. The van der Waals surface area contributed by atoms with Crippen molar-refractivity contribution >= 4 is 0 Å². The highest BCUT2D eigenvalue weighted by atomic mass is 16.5. The van der Waals surface area contributed by atoms with Gasteiger partial charge in [-0.3, -0.25) is 4.90 Å². The third kappa shape index (κ3) is 4.44. The van der Waals surface area contributed by atoms with Gasteiger partial charge < -0.3 is 10.5 Å². The van der Waals surface area contributed by atoms with Gasteiger partial charge in [0.2, 0.25) is 0 Å². The molecule has 1 aliphatic rings. The Labute approximate surface area is 119 Å². The van der Waals surface area contributed by atoms with Crippen molar-refractivity contribution < 1.29 is 4.74 Å². The number of ether oxygens (including phenoxy) is 1. The maximum Gasteiger partial charge on any atom is 0.0491 e. The molecule has 0 aromatic carbocycles. The second kappa shape index (κ2) is 8.23. The van der Waals surface area contributed by atoms with Crippen LogP contribution in [0.2, 0.25) is 0 Å². The van der Waals surface area contributed by atoms with Gasteiger partial charge in [-0.25, -0.2) is 0 Å². The van der Waals surface area contributed by atoms with Gasteiger partial charge in [-0.05, 0) is 50.6 Å². The van der Waals surface area contributed by atoms with E-state index >= 15 is 0 Å². The predicted molar refractivity (Wildman–Crippen MR) is 82.3 cm³/mol. The summed E-state index contributed by atoms with van der Waals surface area (Å²) in [5, 5.41) is 0. The smallest absolute Gasteiger partial charge is 0.0491 e. The molecular formula is C16H34N2O. The van der Waals surface area contributed by atoms with Gasteiger partial charge in [0.25, 0.3) is 0 Å². The van der Waals surface area contributed by atoms with Crippen LogP contribution in [0.4, 0.5) is 0 Å². The highest BCUT2D eigenvalue weighted by Crippen LogP contribution is 2.32. The molecule has 0 saturated carbocycles. The maximum absolute atomic E-state index is 6.18. The first-order valence-electron chi connectivity index (χ1n) is 8.05. The first-order chi connectivity index (χ1) is 9.11. The first-order valence-corrected chi connectivity index (χ1v) is 8.05. The largest absolute Gasteiger partial charge is 0.384 e. The summed E-state index contributed by atoms with van der Waals surface area (Å²) in [5.74, 6) is 1.51. The molecule has 2 unspecified atom stereocenters. The molecule has 0 spiro atoms. The highest BCUT2D eigenvalue weighted by molar-refractivity contribution is 4.94. The fourth-order valence-electron chi connectivity index (χ4n) is 3.46. The molecule has 1 heterocycles. The van der Waals surface area contributed by atoms with Gasteiger partial charge >= 0.3 is 0 Å². The fraction of sp³-hybridized carbons (Fsp3) is 1.00. The topological polar surface area (TPSA) is 38.5 Å². The second-order valence-electron chi connectivity index (χ2n) is 6.39. The van der Waals surface area contributed by atoms with Gasteiger partial charge in [-0.2, -0.15) is 0 Å². The summed E-state index contributed by atoms with van der Waals surface area (Å²) in [6.07, 6.45) is 6.18. The van der Waals surface area contributed by atoms with Gasteiger partial charge in [-0.15, -0.1) is 0 Å². The van der Waals surface area contributed by atoms with Crippen molar-refractivity contribution in [3.05, 3.63) is 0 Å². The van der Waals surface area contributed by atoms with Crippen LogP contribution in [0.25, 0.3) is 0 Å². The number of nitrogens with zero attached hydrogens (tertiary/aromatic N) is 1. The number of likely N-dealkylation sites (tertiary alicyclic amines) is 1. The number of nitrogens with two attached hydrogens (primary N) is 1. The minimum absolute atomic E-state index is 0.230. The summed E-state index contributed by atoms with van der Waals surface area (Å²) < 4.78 is 5.29. The van der Waals surface area contributed by atoms with E-state index in [1.54, 1.807) is 0 Å². The van der Waals surface area contributed by atoms with Gasteiger partial charge in [0.15, 0.2) is 0 Å². The fourth-order valence-corrected chi connectivity index (χ4v) is 3.46. The molecule has 0 aliphatic carbocycles. The van der Waals surface area contributed by atoms with Gasteiger partial charge in [0.05, 0.1) is 0 Å². The van der Waals surface area contributed by atoms with Crippen molar-refractivity contribution in [2.24, 2.45) is 17.6 Å². The highest BCUT2D eigenvalue weighted by Gasteiger charge is 2.36. The van der Waals surface area contributed by atoms with Gasteiger partial charge in [0.1, 0.15) is 0 Å². The van der Waals surface area contributed by atoms with E-state index in [0.29, 0.717) is 0 Å². The van der Waals surface area contributed by atoms with Crippen LogP contribution < -0.4 is 5.73 Å². The first kappa shape index (κ1) is 16.9. The zero-order chi connectivity index (χ0) is 14.3. The van der Waals surface area contributed by atoms with Crippen molar-refractivity contribution in [3.63, 3.8) is 0 Å². The quantitative estimate of drug-likeness (QED) is 0.737. The van der Waals surface area contributed by atoms with Crippen molar-refractivity contribution in [3.8, 4) is 0 Å². The Morgan fingerprint density at radius 3 is 2.37 bits per heavy atom. The number of rotatable bonds is 8. The molecule has 0 radical (unpaired) electrons. The molecule has 2 atom stereocenters. The van der Waals surface area contributed by atoms with E-state index in [1.165, 1.54) is 45.2 Å². The van der Waals surface area contributed by atoms with Crippen LogP contribution in [0.1, 0.15) is 52.9 Å². The average Bonchev–Trinajstić information content (AvgIpc) is 2.46. The Morgan fingerprint density at radius 1 is 1.32 bits per heavy atom. The minimum Gasteiger partial charge on any atom is -0.384 e. The Bertz CT molecular complexity index is 233. The van der Waals surface area contributed by atoms with Gasteiger partial charge in [0, 0.05) is 25.8 Å². The van der Waals surface area contributed by atoms with Crippen molar-refractivity contribution in [2.75, 3.05) is 33.4 Å². The summed E-state index contributed by atoms with van der Waals surface area (Å²) in [4.78, 5) is 2.67. The van der Waals surface area contributed by atoms with E-state index in [-0.39, 0.29) is 5.54 Å². The molecule has 1 rings (SSSR count).